The van der Waals surface area contributed by atoms with Crippen LogP contribution in [0.3, 0.4) is 0 Å². The zero-order valence-corrected chi connectivity index (χ0v) is 15.3. The molecule has 0 saturated carbocycles. The fourth-order valence-corrected chi connectivity index (χ4v) is 2.95. The number of ether oxygens (including phenoxy) is 2. The van der Waals surface area contributed by atoms with Gasteiger partial charge in [0.05, 0.1) is 18.8 Å². The highest BCUT2D eigenvalue weighted by molar-refractivity contribution is 5.95. The first-order valence-electron chi connectivity index (χ1n) is 9.10. The average molecular weight is 354 g/mol. The summed E-state index contributed by atoms with van der Waals surface area (Å²) in [5.41, 5.74) is 2.57. The van der Waals surface area contributed by atoms with Gasteiger partial charge >= 0.3 is 0 Å². The number of carbonyl (C=O) groups excluding carboxylic acids is 1. The van der Waals surface area contributed by atoms with Gasteiger partial charge in [0.2, 0.25) is 0 Å². The van der Waals surface area contributed by atoms with E-state index in [-0.39, 0.29) is 18.1 Å². The van der Waals surface area contributed by atoms with Crippen LogP contribution in [-0.4, -0.2) is 44.4 Å². The van der Waals surface area contributed by atoms with Crippen LogP contribution in [0.15, 0.2) is 48.5 Å². The zero-order valence-electron chi connectivity index (χ0n) is 15.3. The Labute approximate surface area is 154 Å². The molecule has 1 atom stereocenters. The highest BCUT2D eigenvalue weighted by Gasteiger charge is 2.15. The van der Waals surface area contributed by atoms with Crippen molar-refractivity contribution in [1.29, 1.82) is 0 Å². The summed E-state index contributed by atoms with van der Waals surface area (Å²) < 4.78 is 11.5. The molecule has 1 amide bonds. The summed E-state index contributed by atoms with van der Waals surface area (Å²) in [6.45, 7) is 6.82. The van der Waals surface area contributed by atoms with E-state index in [0.29, 0.717) is 18.7 Å². The molecule has 1 aliphatic heterocycles. The summed E-state index contributed by atoms with van der Waals surface area (Å²) in [4.78, 5) is 12.5. The molecule has 5 nitrogen and oxygen atoms in total. The van der Waals surface area contributed by atoms with Gasteiger partial charge in [-0.1, -0.05) is 30.3 Å². The Morgan fingerprint density at radius 3 is 2.88 bits per heavy atom. The van der Waals surface area contributed by atoms with E-state index in [2.05, 4.69) is 10.6 Å². The summed E-state index contributed by atoms with van der Waals surface area (Å²) in [6.07, 6.45) is 0.114. The molecule has 2 N–H and O–H groups in total. The minimum Gasteiger partial charge on any atom is -0.490 e. The Hall–Kier alpha value is -2.37. The number of hydrogen-bond acceptors (Lipinski definition) is 4. The van der Waals surface area contributed by atoms with Crippen LogP contribution in [0.25, 0.3) is 11.1 Å². The topological polar surface area (TPSA) is 59.6 Å². The minimum absolute atomic E-state index is 0.0241. The maximum Gasteiger partial charge on any atom is 0.251 e. The Kier molecular flexibility index (Phi) is 6.26. The smallest absolute Gasteiger partial charge is 0.251 e. The number of benzene rings is 2. The minimum atomic E-state index is -0.0942. The SMILES string of the molecule is CC(C)Oc1ccccc1-c1cccc(C(=O)NC[C@H]2CNCCO2)c1. The first-order chi connectivity index (χ1) is 12.6. The third-order valence-corrected chi connectivity index (χ3v) is 4.18. The highest BCUT2D eigenvalue weighted by atomic mass is 16.5. The number of para-hydroxylation sites is 1. The molecule has 0 aromatic heterocycles. The molecule has 0 radical (unpaired) electrons. The number of amides is 1. The standard InChI is InChI=1S/C21H26N2O3/c1-15(2)26-20-9-4-3-8-19(20)16-6-5-7-17(12-16)21(24)23-14-18-13-22-10-11-25-18/h3-9,12,15,18,22H,10-11,13-14H2,1-2H3,(H,23,24)/t18-/m1/s1. The van der Waals surface area contributed by atoms with Crippen molar-refractivity contribution in [2.75, 3.05) is 26.2 Å². The van der Waals surface area contributed by atoms with Gasteiger partial charge in [0, 0.05) is 30.8 Å². The fourth-order valence-electron chi connectivity index (χ4n) is 2.95. The van der Waals surface area contributed by atoms with Gasteiger partial charge in [-0.25, -0.2) is 0 Å². The van der Waals surface area contributed by atoms with E-state index in [1.807, 2.05) is 62.4 Å². The van der Waals surface area contributed by atoms with Crippen LogP contribution < -0.4 is 15.4 Å². The van der Waals surface area contributed by atoms with Crippen molar-refractivity contribution in [2.24, 2.45) is 0 Å². The second-order valence-electron chi connectivity index (χ2n) is 6.65. The molecule has 2 aromatic rings. The number of morpholine rings is 1. The lowest BCUT2D eigenvalue weighted by Gasteiger charge is -2.23. The van der Waals surface area contributed by atoms with Crippen LogP contribution in [0, 0.1) is 0 Å². The summed E-state index contributed by atoms with van der Waals surface area (Å²) >= 11 is 0. The lowest BCUT2D eigenvalue weighted by molar-refractivity contribution is 0.0287. The largest absolute Gasteiger partial charge is 0.490 e. The molecular weight excluding hydrogens is 328 g/mol. The van der Waals surface area contributed by atoms with E-state index in [4.69, 9.17) is 9.47 Å². The third-order valence-electron chi connectivity index (χ3n) is 4.18. The summed E-state index contributed by atoms with van der Waals surface area (Å²) in [6, 6.07) is 15.5. The maximum absolute atomic E-state index is 12.5. The first kappa shape index (κ1) is 18.4. The van der Waals surface area contributed by atoms with Gasteiger partial charge in [-0.3, -0.25) is 4.79 Å². The number of nitrogens with one attached hydrogen (secondary N) is 2. The highest BCUT2D eigenvalue weighted by Crippen LogP contribution is 2.31. The lowest BCUT2D eigenvalue weighted by atomic mass is 10.0. The van der Waals surface area contributed by atoms with Gasteiger partial charge in [-0.15, -0.1) is 0 Å². The van der Waals surface area contributed by atoms with Crippen molar-refractivity contribution in [3.8, 4) is 16.9 Å². The molecule has 26 heavy (non-hydrogen) atoms. The Morgan fingerprint density at radius 2 is 2.12 bits per heavy atom. The van der Waals surface area contributed by atoms with Crippen LogP contribution in [0.5, 0.6) is 5.75 Å². The summed E-state index contributed by atoms with van der Waals surface area (Å²) in [7, 11) is 0. The normalized spacial score (nSPS) is 17.1. The van der Waals surface area contributed by atoms with Gasteiger partial charge < -0.3 is 20.1 Å². The van der Waals surface area contributed by atoms with Crippen molar-refractivity contribution < 1.29 is 14.3 Å². The van der Waals surface area contributed by atoms with Crippen LogP contribution in [0.4, 0.5) is 0 Å². The molecule has 0 bridgehead atoms. The molecule has 2 aromatic carbocycles. The van der Waals surface area contributed by atoms with Crippen LogP contribution >= 0.6 is 0 Å². The summed E-state index contributed by atoms with van der Waals surface area (Å²) in [5.74, 6) is 0.727. The molecule has 1 heterocycles. The van der Waals surface area contributed by atoms with E-state index in [1.165, 1.54) is 0 Å². The van der Waals surface area contributed by atoms with Crippen molar-refractivity contribution in [3.05, 3.63) is 54.1 Å². The van der Waals surface area contributed by atoms with Crippen molar-refractivity contribution in [3.63, 3.8) is 0 Å². The number of hydrogen-bond donors (Lipinski definition) is 2. The molecule has 1 aliphatic rings. The molecule has 0 aliphatic carbocycles. The van der Waals surface area contributed by atoms with E-state index < -0.39 is 0 Å². The molecule has 0 unspecified atom stereocenters. The molecular formula is C21H26N2O3. The first-order valence-corrected chi connectivity index (χ1v) is 9.10. The van der Waals surface area contributed by atoms with Gasteiger partial charge in [0.25, 0.3) is 5.91 Å². The predicted molar refractivity (Wildman–Crippen MR) is 103 cm³/mol. The van der Waals surface area contributed by atoms with E-state index in [9.17, 15) is 4.79 Å². The van der Waals surface area contributed by atoms with Crippen molar-refractivity contribution >= 4 is 5.91 Å². The zero-order chi connectivity index (χ0) is 18.4. The predicted octanol–water partition coefficient (Wildman–Crippen LogP) is 2.86. The van der Waals surface area contributed by atoms with Crippen LogP contribution in [-0.2, 0) is 4.74 Å². The summed E-state index contributed by atoms with van der Waals surface area (Å²) in [5, 5.41) is 6.22. The molecule has 5 heteroatoms. The van der Waals surface area contributed by atoms with Crippen LogP contribution in [0.1, 0.15) is 24.2 Å². The van der Waals surface area contributed by atoms with Gasteiger partial charge in [-0.05, 0) is 37.6 Å². The van der Waals surface area contributed by atoms with Gasteiger partial charge in [0.15, 0.2) is 0 Å². The van der Waals surface area contributed by atoms with Crippen LogP contribution in [0.2, 0.25) is 0 Å². The Balaban J connectivity index is 1.73. The van der Waals surface area contributed by atoms with E-state index in [0.717, 1.165) is 30.0 Å². The van der Waals surface area contributed by atoms with Gasteiger partial charge in [0.1, 0.15) is 5.75 Å². The molecule has 1 fully saturated rings. The monoisotopic (exact) mass is 354 g/mol. The second kappa shape index (κ2) is 8.83. The quantitative estimate of drug-likeness (QED) is 0.837. The maximum atomic E-state index is 12.5. The average Bonchev–Trinajstić information content (AvgIpc) is 2.67. The Morgan fingerprint density at radius 1 is 1.27 bits per heavy atom. The molecule has 138 valence electrons. The van der Waals surface area contributed by atoms with E-state index >= 15 is 0 Å². The van der Waals surface area contributed by atoms with Crippen molar-refractivity contribution in [2.45, 2.75) is 26.1 Å². The molecule has 1 saturated heterocycles. The lowest BCUT2D eigenvalue weighted by Crippen LogP contribution is -2.45. The molecule has 3 rings (SSSR count). The fraction of sp³-hybridized carbons (Fsp3) is 0.381. The van der Waals surface area contributed by atoms with E-state index in [1.54, 1.807) is 0 Å². The number of rotatable bonds is 6. The molecule has 0 spiro atoms. The van der Waals surface area contributed by atoms with Gasteiger partial charge in [-0.2, -0.15) is 0 Å². The third kappa shape index (κ3) is 4.84. The Bertz CT molecular complexity index is 740. The second-order valence-corrected chi connectivity index (χ2v) is 6.65. The number of carbonyl (C=O) groups is 1. The van der Waals surface area contributed by atoms with Crippen molar-refractivity contribution in [1.82, 2.24) is 10.6 Å².